The smallest absolute Gasteiger partial charge is 0.0440 e. The Morgan fingerprint density at radius 3 is 2.56 bits per heavy atom. The van der Waals surface area contributed by atoms with Crippen LogP contribution in [0.25, 0.3) is 0 Å². The molecule has 0 radical (unpaired) electrons. The molecule has 0 aliphatic carbocycles. The van der Waals surface area contributed by atoms with Crippen molar-refractivity contribution in [1.82, 2.24) is 10.3 Å². The molecular formula is C15H27N3. The summed E-state index contributed by atoms with van der Waals surface area (Å²) >= 11 is 0. The Balaban J connectivity index is 2.66. The van der Waals surface area contributed by atoms with Gasteiger partial charge in [-0.1, -0.05) is 27.7 Å². The maximum Gasteiger partial charge on any atom is 0.0440 e. The van der Waals surface area contributed by atoms with E-state index in [4.69, 9.17) is 0 Å². The van der Waals surface area contributed by atoms with Crippen LogP contribution >= 0.6 is 0 Å². The highest BCUT2D eigenvalue weighted by Gasteiger charge is 2.08. The van der Waals surface area contributed by atoms with Crippen molar-refractivity contribution in [1.29, 1.82) is 0 Å². The number of nitrogens with zero attached hydrogens (tertiary/aromatic N) is 2. The summed E-state index contributed by atoms with van der Waals surface area (Å²) in [5.74, 6) is 1.35. The lowest BCUT2D eigenvalue weighted by Crippen LogP contribution is -2.26. The fourth-order valence-electron chi connectivity index (χ4n) is 2.07. The second-order valence-corrected chi connectivity index (χ2v) is 5.80. The highest BCUT2D eigenvalue weighted by atomic mass is 15.1. The lowest BCUT2D eigenvalue weighted by Gasteiger charge is -2.24. The van der Waals surface area contributed by atoms with Gasteiger partial charge in [-0.15, -0.1) is 0 Å². The van der Waals surface area contributed by atoms with Crippen molar-refractivity contribution < 1.29 is 0 Å². The summed E-state index contributed by atoms with van der Waals surface area (Å²) in [5.41, 5.74) is 2.57. The Kier molecular flexibility index (Phi) is 6.13. The zero-order chi connectivity index (χ0) is 13.5. The predicted octanol–water partition coefficient (Wildman–Crippen LogP) is 2.92. The zero-order valence-corrected chi connectivity index (χ0v) is 12.4. The first-order valence-electron chi connectivity index (χ1n) is 6.85. The maximum atomic E-state index is 4.24. The molecule has 0 aliphatic heterocycles. The molecule has 0 saturated carbocycles. The van der Waals surface area contributed by atoms with Gasteiger partial charge in [-0.2, -0.15) is 0 Å². The van der Waals surface area contributed by atoms with Crippen molar-refractivity contribution in [3.05, 3.63) is 24.0 Å². The van der Waals surface area contributed by atoms with Crippen LogP contribution < -0.4 is 10.2 Å². The minimum absolute atomic E-state index is 0.666. The van der Waals surface area contributed by atoms with Crippen LogP contribution in [0.15, 0.2) is 18.5 Å². The molecule has 1 heterocycles. The second-order valence-electron chi connectivity index (χ2n) is 5.80. The molecule has 3 heteroatoms. The molecule has 0 unspecified atom stereocenters. The van der Waals surface area contributed by atoms with Gasteiger partial charge in [0.05, 0.1) is 0 Å². The lowest BCUT2D eigenvalue weighted by atomic mass is 10.1. The molecule has 0 atom stereocenters. The second kappa shape index (κ2) is 7.37. The number of nitrogens with one attached hydrogen (secondary N) is 1. The minimum atomic E-state index is 0.666. The van der Waals surface area contributed by atoms with Gasteiger partial charge in [0.15, 0.2) is 0 Å². The number of anilines is 1. The summed E-state index contributed by atoms with van der Waals surface area (Å²) < 4.78 is 0. The van der Waals surface area contributed by atoms with Gasteiger partial charge < -0.3 is 10.2 Å². The molecule has 0 amide bonds. The van der Waals surface area contributed by atoms with Crippen molar-refractivity contribution >= 4 is 5.69 Å². The van der Waals surface area contributed by atoms with Crippen molar-refractivity contribution in [2.45, 2.75) is 34.2 Å². The zero-order valence-electron chi connectivity index (χ0n) is 12.4. The third-order valence-electron chi connectivity index (χ3n) is 2.80. The van der Waals surface area contributed by atoms with Crippen molar-refractivity contribution in [3.63, 3.8) is 0 Å². The van der Waals surface area contributed by atoms with E-state index in [2.05, 4.69) is 56.0 Å². The number of hydrogen-bond acceptors (Lipinski definition) is 3. The van der Waals surface area contributed by atoms with Crippen LogP contribution in [0.5, 0.6) is 0 Å². The maximum absolute atomic E-state index is 4.24. The SMILES string of the molecule is CC(C)CNCc1cnccc1N(C)CC(C)C. The van der Waals surface area contributed by atoms with Crippen LogP contribution in [0.2, 0.25) is 0 Å². The molecule has 0 spiro atoms. The summed E-state index contributed by atoms with van der Waals surface area (Å²) in [6.45, 7) is 11.9. The number of aromatic nitrogens is 1. The molecule has 3 nitrogen and oxygen atoms in total. The van der Waals surface area contributed by atoms with Crippen molar-refractivity contribution in [2.75, 3.05) is 25.0 Å². The molecule has 18 heavy (non-hydrogen) atoms. The molecule has 1 rings (SSSR count). The molecule has 0 saturated heterocycles. The van der Waals surface area contributed by atoms with E-state index in [9.17, 15) is 0 Å². The Morgan fingerprint density at radius 2 is 1.94 bits per heavy atom. The third-order valence-corrected chi connectivity index (χ3v) is 2.80. The van der Waals surface area contributed by atoms with Gasteiger partial charge in [0.1, 0.15) is 0 Å². The molecule has 1 aromatic heterocycles. The lowest BCUT2D eigenvalue weighted by molar-refractivity contribution is 0.551. The van der Waals surface area contributed by atoms with Gasteiger partial charge in [-0.05, 0) is 24.4 Å². The Hall–Kier alpha value is -1.09. The van der Waals surface area contributed by atoms with E-state index in [1.54, 1.807) is 0 Å². The summed E-state index contributed by atoms with van der Waals surface area (Å²) in [6, 6.07) is 2.11. The fourth-order valence-corrected chi connectivity index (χ4v) is 2.07. The number of rotatable bonds is 7. The normalized spacial score (nSPS) is 11.3. The first-order chi connectivity index (χ1) is 8.50. The van der Waals surface area contributed by atoms with Crippen LogP contribution in [-0.4, -0.2) is 25.1 Å². The quantitative estimate of drug-likeness (QED) is 0.805. The fraction of sp³-hybridized carbons (Fsp3) is 0.667. The van der Waals surface area contributed by atoms with E-state index in [0.717, 1.165) is 19.6 Å². The van der Waals surface area contributed by atoms with E-state index >= 15 is 0 Å². The van der Waals surface area contributed by atoms with E-state index in [1.807, 2.05) is 12.4 Å². The van der Waals surface area contributed by atoms with Gasteiger partial charge in [-0.25, -0.2) is 0 Å². The number of hydrogen-bond donors (Lipinski definition) is 1. The van der Waals surface area contributed by atoms with Gasteiger partial charge in [0, 0.05) is 43.8 Å². The van der Waals surface area contributed by atoms with Crippen LogP contribution in [0.3, 0.4) is 0 Å². The van der Waals surface area contributed by atoms with Gasteiger partial charge >= 0.3 is 0 Å². The molecule has 0 aromatic carbocycles. The molecule has 1 N–H and O–H groups in total. The summed E-state index contributed by atoms with van der Waals surface area (Å²) in [6.07, 6.45) is 3.84. The molecule has 0 fully saturated rings. The molecule has 0 bridgehead atoms. The molecule has 102 valence electrons. The van der Waals surface area contributed by atoms with Gasteiger partial charge in [-0.3, -0.25) is 4.98 Å². The Morgan fingerprint density at radius 1 is 1.22 bits per heavy atom. The molecule has 1 aromatic rings. The van der Waals surface area contributed by atoms with Crippen LogP contribution in [0, 0.1) is 11.8 Å². The Labute approximate surface area is 112 Å². The van der Waals surface area contributed by atoms with Crippen LogP contribution in [0.1, 0.15) is 33.3 Å². The average Bonchev–Trinajstić information content (AvgIpc) is 2.28. The van der Waals surface area contributed by atoms with Crippen molar-refractivity contribution in [2.24, 2.45) is 11.8 Å². The largest absolute Gasteiger partial charge is 0.374 e. The standard InChI is InChI=1S/C15H27N3/c1-12(2)8-17-10-14-9-16-7-6-15(14)18(5)11-13(3)4/h6-7,9,12-13,17H,8,10-11H2,1-5H3. The molecular weight excluding hydrogens is 222 g/mol. The Bertz CT molecular complexity index is 347. The summed E-state index contributed by atoms with van der Waals surface area (Å²) in [5, 5.41) is 3.48. The topological polar surface area (TPSA) is 28.2 Å². The predicted molar refractivity (Wildman–Crippen MR) is 78.9 cm³/mol. The van der Waals surface area contributed by atoms with Gasteiger partial charge in [0.25, 0.3) is 0 Å². The van der Waals surface area contributed by atoms with Crippen molar-refractivity contribution in [3.8, 4) is 0 Å². The average molecular weight is 249 g/mol. The van der Waals surface area contributed by atoms with Gasteiger partial charge in [0.2, 0.25) is 0 Å². The first-order valence-corrected chi connectivity index (χ1v) is 6.85. The monoisotopic (exact) mass is 249 g/mol. The van der Waals surface area contributed by atoms with Crippen LogP contribution in [0.4, 0.5) is 5.69 Å². The van der Waals surface area contributed by atoms with Crippen LogP contribution in [-0.2, 0) is 6.54 Å². The van der Waals surface area contributed by atoms with E-state index < -0.39 is 0 Å². The highest BCUT2D eigenvalue weighted by Crippen LogP contribution is 2.18. The van der Waals surface area contributed by atoms with E-state index in [1.165, 1.54) is 11.3 Å². The third kappa shape index (κ3) is 5.05. The number of pyridine rings is 1. The highest BCUT2D eigenvalue weighted by molar-refractivity contribution is 5.51. The summed E-state index contributed by atoms with van der Waals surface area (Å²) in [4.78, 5) is 6.56. The first kappa shape index (κ1) is 15.0. The minimum Gasteiger partial charge on any atom is -0.374 e. The van der Waals surface area contributed by atoms with E-state index in [0.29, 0.717) is 11.8 Å². The molecule has 0 aliphatic rings. The summed E-state index contributed by atoms with van der Waals surface area (Å²) in [7, 11) is 2.15. The van der Waals surface area contributed by atoms with E-state index in [-0.39, 0.29) is 0 Å².